The minimum Gasteiger partial charge on any atom is -0.364 e. The number of H-pyrrole nitrogens is 1. The van der Waals surface area contributed by atoms with Crippen LogP contribution in [0.1, 0.15) is 17.2 Å². The topological polar surface area (TPSA) is 60.2 Å². The fourth-order valence-corrected chi connectivity index (χ4v) is 4.61. The summed E-state index contributed by atoms with van der Waals surface area (Å²) >= 11 is 11.8. The van der Waals surface area contributed by atoms with Gasteiger partial charge in [-0.05, 0) is 48.1 Å². The van der Waals surface area contributed by atoms with E-state index in [1.165, 1.54) is 6.07 Å². The summed E-state index contributed by atoms with van der Waals surface area (Å²) in [4.78, 5) is 16.4. The number of thiocarbonyl (C=S) groups is 1. The highest BCUT2D eigenvalue weighted by molar-refractivity contribution is 7.80. The Morgan fingerprint density at radius 3 is 2.53 bits per heavy atom. The van der Waals surface area contributed by atoms with Gasteiger partial charge in [-0.1, -0.05) is 60.1 Å². The SMILES string of the molecule is CNC(=S)N1NC(c2c(-c3ccccc3)c3cc(Cl)ccc3[nH]c2=O)=C[C@@H]1c1ccccc1F. The van der Waals surface area contributed by atoms with Crippen LogP contribution in [0.25, 0.3) is 27.7 Å². The van der Waals surface area contributed by atoms with E-state index in [-0.39, 0.29) is 11.4 Å². The molecule has 5 rings (SSSR count). The molecule has 1 aliphatic rings. The Bertz CT molecular complexity index is 1500. The molecule has 0 bridgehead atoms. The van der Waals surface area contributed by atoms with Crippen molar-refractivity contribution >= 4 is 45.5 Å². The number of hydrogen-bond acceptors (Lipinski definition) is 3. The van der Waals surface area contributed by atoms with Crippen molar-refractivity contribution in [3.8, 4) is 11.1 Å². The van der Waals surface area contributed by atoms with Crippen LogP contribution in [-0.4, -0.2) is 22.2 Å². The van der Waals surface area contributed by atoms with Crippen LogP contribution in [0.15, 0.2) is 83.7 Å². The molecule has 1 aliphatic heterocycles. The second kappa shape index (κ2) is 8.93. The molecule has 2 heterocycles. The third-order valence-corrected chi connectivity index (χ3v) is 6.44. The van der Waals surface area contributed by atoms with E-state index in [1.54, 1.807) is 42.4 Å². The Labute approximate surface area is 205 Å². The summed E-state index contributed by atoms with van der Waals surface area (Å²) in [6, 6.07) is 20.9. The Balaban J connectivity index is 1.78. The number of aromatic amines is 1. The number of hydrogen-bond donors (Lipinski definition) is 3. The second-order valence-corrected chi connectivity index (χ2v) is 8.67. The summed E-state index contributed by atoms with van der Waals surface area (Å²) in [5, 5.41) is 6.29. The zero-order valence-electron chi connectivity index (χ0n) is 18.1. The second-order valence-electron chi connectivity index (χ2n) is 7.84. The number of halogens is 2. The molecule has 3 N–H and O–H groups in total. The van der Waals surface area contributed by atoms with E-state index in [2.05, 4.69) is 15.7 Å². The van der Waals surface area contributed by atoms with Gasteiger partial charge in [0.05, 0.1) is 11.3 Å². The summed E-state index contributed by atoms with van der Waals surface area (Å²) in [6.45, 7) is 0. The van der Waals surface area contributed by atoms with E-state index >= 15 is 0 Å². The zero-order chi connectivity index (χ0) is 23.8. The van der Waals surface area contributed by atoms with Gasteiger partial charge in [-0.3, -0.25) is 15.2 Å². The van der Waals surface area contributed by atoms with Gasteiger partial charge < -0.3 is 10.3 Å². The standard InChI is InChI=1S/C26H20ClFN4OS/c1-29-26(34)32-22(17-9-5-6-10-19(17)28)14-21(31-32)24-23(15-7-3-2-4-8-15)18-13-16(27)11-12-20(18)30-25(24)33/h2-14,22,31H,1H3,(H,29,34)(H,30,33)/t22-/m1/s1. The molecule has 0 radical (unpaired) electrons. The van der Waals surface area contributed by atoms with Crippen molar-refractivity contribution in [1.29, 1.82) is 0 Å². The number of nitrogens with zero attached hydrogens (tertiary/aromatic N) is 1. The van der Waals surface area contributed by atoms with Gasteiger partial charge >= 0.3 is 0 Å². The Hall–Kier alpha value is -3.68. The Kier molecular flexibility index (Phi) is 5.81. The van der Waals surface area contributed by atoms with Gasteiger partial charge in [-0.15, -0.1) is 0 Å². The van der Waals surface area contributed by atoms with Crippen molar-refractivity contribution in [2.24, 2.45) is 0 Å². The van der Waals surface area contributed by atoms with Crippen molar-refractivity contribution in [3.05, 3.63) is 111 Å². The maximum atomic E-state index is 14.8. The summed E-state index contributed by atoms with van der Waals surface area (Å²) in [7, 11) is 1.70. The lowest BCUT2D eigenvalue weighted by atomic mass is 9.94. The number of aromatic nitrogens is 1. The number of hydrazine groups is 1. The maximum absolute atomic E-state index is 14.8. The average Bonchev–Trinajstić information content (AvgIpc) is 3.28. The van der Waals surface area contributed by atoms with E-state index in [0.717, 1.165) is 16.5 Å². The van der Waals surface area contributed by atoms with Crippen molar-refractivity contribution in [3.63, 3.8) is 0 Å². The minimum atomic E-state index is -0.561. The molecule has 0 amide bonds. The predicted octanol–water partition coefficient (Wildman–Crippen LogP) is 5.39. The molecule has 4 aromatic rings. The summed E-state index contributed by atoms with van der Waals surface area (Å²) < 4.78 is 14.8. The predicted molar refractivity (Wildman–Crippen MR) is 139 cm³/mol. The van der Waals surface area contributed by atoms with Crippen LogP contribution >= 0.6 is 23.8 Å². The van der Waals surface area contributed by atoms with Crippen LogP contribution in [0, 0.1) is 5.82 Å². The number of nitrogens with one attached hydrogen (secondary N) is 3. The van der Waals surface area contributed by atoms with Gasteiger partial charge in [0.25, 0.3) is 5.56 Å². The molecule has 34 heavy (non-hydrogen) atoms. The van der Waals surface area contributed by atoms with Crippen LogP contribution in [0.3, 0.4) is 0 Å². The van der Waals surface area contributed by atoms with Crippen molar-refractivity contribution in [1.82, 2.24) is 20.7 Å². The first kappa shape index (κ1) is 22.1. The molecule has 0 unspecified atom stereocenters. The molecule has 8 heteroatoms. The molecule has 3 aromatic carbocycles. The number of fused-ring (bicyclic) bond motifs is 1. The number of benzene rings is 3. The van der Waals surface area contributed by atoms with Crippen LogP contribution in [0.5, 0.6) is 0 Å². The number of pyridine rings is 1. The largest absolute Gasteiger partial charge is 0.364 e. The molecule has 170 valence electrons. The third kappa shape index (κ3) is 3.83. The van der Waals surface area contributed by atoms with Gasteiger partial charge in [0.2, 0.25) is 0 Å². The normalized spacial score (nSPS) is 15.2. The van der Waals surface area contributed by atoms with E-state index in [9.17, 15) is 9.18 Å². The highest BCUT2D eigenvalue weighted by Crippen LogP contribution is 2.38. The van der Waals surface area contributed by atoms with Crippen molar-refractivity contribution < 1.29 is 4.39 Å². The lowest BCUT2D eigenvalue weighted by molar-refractivity contribution is 0.332. The molecule has 1 aromatic heterocycles. The van der Waals surface area contributed by atoms with Crippen LogP contribution in [0.2, 0.25) is 5.02 Å². The van der Waals surface area contributed by atoms with Crippen molar-refractivity contribution in [2.75, 3.05) is 7.05 Å². The highest BCUT2D eigenvalue weighted by atomic mass is 35.5. The first-order valence-electron chi connectivity index (χ1n) is 10.6. The molecule has 0 spiro atoms. The van der Waals surface area contributed by atoms with E-state index in [1.807, 2.05) is 42.5 Å². The van der Waals surface area contributed by atoms with Gasteiger partial charge in [0.1, 0.15) is 11.9 Å². The third-order valence-electron chi connectivity index (χ3n) is 5.81. The molecule has 0 saturated carbocycles. The fraction of sp³-hybridized carbons (Fsp3) is 0.0769. The lowest BCUT2D eigenvalue weighted by Crippen LogP contribution is -2.44. The van der Waals surface area contributed by atoms with E-state index in [4.69, 9.17) is 23.8 Å². The van der Waals surface area contributed by atoms with Gasteiger partial charge in [0.15, 0.2) is 5.11 Å². The minimum absolute atomic E-state index is 0.281. The molecule has 0 fully saturated rings. The van der Waals surface area contributed by atoms with Gasteiger partial charge in [-0.2, -0.15) is 0 Å². The molecule has 0 aliphatic carbocycles. The van der Waals surface area contributed by atoms with Gasteiger partial charge in [-0.25, -0.2) is 4.39 Å². The first-order chi connectivity index (χ1) is 16.5. The molecule has 5 nitrogen and oxygen atoms in total. The number of rotatable bonds is 3. The fourth-order valence-electron chi connectivity index (χ4n) is 4.28. The zero-order valence-corrected chi connectivity index (χ0v) is 19.7. The van der Waals surface area contributed by atoms with Crippen molar-refractivity contribution in [2.45, 2.75) is 6.04 Å². The lowest BCUT2D eigenvalue weighted by Gasteiger charge is -2.27. The van der Waals surface area contributed by atoms with E-state index < -0.39 is 6.04 Å². The highest BCUT2D eigenvalue weighted by Gasteiger charge is 2.32. The maximum Gasteiger partial charge on any atom is 0.258 e. The summed E-state index contributed by atoms with van der Waals surface area (Å²) in [6.07, 6.45) is 1.81. The molecular weight excluding hydrogens is 471 g/mol. The van der Waals surface area contributed by atoms with Crippen LogP contribution < -0.4 is 16.3 Å². The quantitative estimate of drug-likeness (QED) is 0.336. The molecule has 0 saturated heterocycles. The average molecular weight is 491 g/mol. The first-order valence-corrected chi connectivity index (χ1v) is 11.4. The Morgan fingerprint density at radius 2 is 1.79 bits per heavy atom. The van der Waals surface area contributed by atoms with Crippen LogP contribution in [0.4, 0.5) is 4.39 Å². The summed E-state index contributed by atoms with van der Waals surface area (Å²) in [5.74, 6) is -0.363. The van der Waals surface area contributed by atoms with E-state index in [0.29, 0.717) is 32.5 Å². The smallest absolute Gasteiger partial charge is 0.258 e. The van der Waals surface area contributed by atoms with Gasteiger partial charge in [0, 0.05) is 34.1 Å². The monoisotopic (exact) mass is 490 g/mol. The Morgan fingerprint density at radius 1 is 1.06 bits per heavy atom. The van der Waals surface area contributed by atoms with Crippen LogP contribution in [-0.2, 0) is 0 Å². The molecule has 1 atom stereocenters. The molecular formula is C26H20ClFN4OS. The summed E-state index contributed by atoms with van der Waals surface area (Å²) in [5.41, 5.74) is 6.58.